The quantitative estimate of drug-likeness (QED) is 0.896. The average molecular weight is 274 g/mol. The molecule has 1 aliphatic heterocycles. The summed E-state index contributed by atoms with van der Waals surface area (Å²) in [5, 5.41) is 2.91. The van der Waals surface area contributed by atoms with E-state index in [1.54, 1.807) is 0 Å². The van der Waals surface area contributed by atoms with Crippen LogP contribution >= 0.6 is 0 Å². The Hall–Kier alpha value is -1.84. The number of hydrogen-bond donors (Lipinski definition) is 1. The summed E-state index contributed by atoms with van der Waals surface area (Å²) in [6.07, 6.45) is 2.14. The van der Waals surface area contributed by atoms with Crippen LogP contribution in [0.1, 0.15) is 38.7 Å². The molecule has 2 amide bonds. The predicted octanol–water partition coefficient (Wildman–Crippen LogP) is 2.48. The molecule has 0 aliphatic carbocycles. The van der Waals surface area contributed by atoms with Gasteiger partial charge >= 0.3 is 0 Å². The van der Waals surface area contributed by atoms with Crippen molar-refractivity contribution >= 4 is 17.5 Å². The molecule has 0 aromatic heterocycles. The van der Waals surface area contributed by atoms with Gasteiger partial charge in [0.25, 0.3) is 0 Å². The second kappa shape index (κ2) is 6.55. The van der Waals surface area contributed by atoms with Crippen LogP contribution in [0.3, 0.4) is 0 Å². The summed E-state index contributed by atoms with van der Waals surface area (Å²) in [7, 11) is 0. The highest BCUT2D eigenvalue weighted by atomic mass is 16.2. The molecule has 1 N–H and O–H groups in total. The van der Waals surface area contributed by atoms with E-state index in [9.17, 15) is 9.59 Å². The first-order valence-electron chi connectivity index (χ1n) is 7.22. The maximum absolute atomic E-state index is 11.6. The number of carbonyl (C=O) groups excluding carboxylic acids is 2. The number of benzene rings is 1. The van der Waals surface area contributed by atoms with Crippen molar-refractivity contribution in [3.8, 4) is 0 Å². The summed E-state index contributed by atoms with van der Waals surface area (Å²) in [6, 6.07) is 7.84. The van der Waals surface area contributed by atoms with E-state index in [0.29, 0.717) is 25.3 Å². The molecule has 0 atom stereocenters. The monoisotopic (exact) mass is 274 g/mol. The third kappa shape index (κ3) is 3.83. The van der Waals surface area contributed by atoms with Gasteiger partial charge in [-0.2, -0.15) is 0 Å². The normalized spacial score (nSPS) is 14.9. The number of nitrogens with zero attached hydrogens (tertiary/aromatic N) is 1. The Morgan fingerprint density at radius 2 is 2.00 bits per heavy atom. The average Bonchev–Trinajstić information content (AvgIpc) is 2.82. The van der Waals surface area contributed by atoms with E-state index in [2.05, 4.69) is 5.32 Å². The first-order chi connectivity index (χ1) is 9.56. The summed E-state index contributed by atoms with van der Waals surface area (Å²) < 4.78 is 0. The van der Waals surface area contributed by atoms with Gasteiger partial charge in [-0.25, -0.2) is 0 Å². The molecule has 1 fully saturated rings. The van der Waals surface area contributed by atoms with Crippen LogP contribution in [0.25, 0.3) is 0 Å². The molecule has 108 valence electrons. The van der Waals surface area contributed by atoms with Crippen LogP contribution in [0.5, 0.6) is 0 Å². The molecule has 2 rings (SSSR count). The summed E-state index contributed by atoms with van der Waals surface area (Å²) in [4.78, 5) is 25.0. The van der Waals surface area contributed by atoms with Crippen LogP contribution in [0.2, 0.25) is 0 Å². The zero-order valence-corrected chi connectivity index (χ0v) is 12.2. The molecule has 1 aromatic carbocycles. The number of anilines is 1. The van der Waals surface area contributed by atoms with Crippen molar-refractivity contribution in [3.05, 3.63) is 29.8 Å². The molecule has 0 saturated carbocycles. The van der Waals surface area contributed by atoms with Crippen molar-refractivity contribution in [1.82, 2.24) is 5.32 Å². The molecule has 1 aliphatic rings. The van der Waals surface area contributed by atoms with Gasteiger partial charge in [-0.15, -0.1) is 0 Å². The molecular weight excluding hydrogens is 252 g/mol. The van der Waals surface area contributed by atoms with Gasteiger partial charge in [0.15, 0.2) is 0 Å². The van der Waals surface area contributed by atoms with Crippen molar-refractivity contribution in [1.29, 1.82) is 0 Å². The Balaban J connectivity index is 1.88. The molecule has 0 bridgehead atoms. The van der Waals surface area contributed by atoms with E-state index in [0.717, 1.165) is 24.2 Å². The van der Waals surface area contributed by atoms with E-state index in [1.165, 1.54) is 0 Å². The molecule has 20 heavy (non-hydrogen) atoms. The van der Waals surface area contributed by atoms with Gasteiger partial charge in [-0.05, 0) is 30.0 Å². The Kier molecular flexibility index (Phi) is 4.77. The summed E-state index contributed by atoms with van der Waals surface area (Å²) in [6.45, 7) is 5.41. The molecule has 1 heterocycles. The fraction of sp³-hybridized carbons (Fsp3) is 0.500. The van der Waals surface area contributed by atoms with Gasteiger partial charge in [0.2, 0.25) is 11.8 Å². The predicted molar refractivity (Wildman–Crippen MR) is 79.3 cm³/mol. The molecule has 4 nitrogen and oxygen atoms in total. The lowest BCUT2D eigenvalue weighted by Gasteiger charge is -2.16. The van der Waals surface area contributed by atoms with E-state index in [-0.39, 0.29) is 11.8 Å². The molecule has 0 unspecified atom stereocenters. The van der Waals surface area contributed by atoms with Gasteiger partial charge in [0.05, 0.1) is 0 Å². The maximum atomic E-state index is 11.6. The first-order valence-corrected chi connectivity index (χ1v) is 7.22. The second-order valence-electron chi connectivity index (χ2n) is 5.69. The fourth-order valence-electron chi connectivity index (χ4n) is 2.36. The minimum Gasteiger partial charge on any atom is -0.352 e. The number of amides is 2. The largest absolute Gasteiger partial charge is 0.352 e. The number of carbonyl (C=O) groups is 2. The van der Waals surface area contributed by atoms with Crippen LogP contribution in [0.4, 0.5) is 5.69 Å². The van der Waals surface area contributed by atoms with Gasteiger partial charge in [0.1, 0.15) is 0 Å². The molecule has 4 heteroatoms. The van der Waals surface area contributed by atoms with Crippen LogP contribution in [0.15, 0.2) is 24.3 Å². The maximum Gasteiger partial charge on any atom is 0.227 e. The zero-order valence-electron chi connectivity index (χ0n) is 12.2. The Bertz CT molecular complexity index is 480. The topological polar surface area (TPSA) is 49.4 Å². The SMILES string of the molecule is CC(C)CC(=O)NCc1ccc(N2CCCC2=O)cc1. The number of rotatable bonds is 5. The van der Waals surface area contributed by atoms with Crippen molar-refractivity contribution in [2.24, 2.45) is 5.92 Å². The Morgan fingerprint density at radius 3 is 2.55 bits per heavy atom. The van der Waals surface area contributed by atoms with Crippen molar-refractivity contribution in [2.75, 3.05) is 11.4 Å². The summed E-state index contributed by atoms with van der Waals surface area (Å²) in [5.74, 6) is 0.653. The van der Waals surface area contributed by atoms with Crippen molar-refractivity contribution < 1.29 is 9.59 Å². The number of hydrogen-bond acceptors (Lipinski definition) is 2. The highest BCUT2D eigenvalue weighted by Gasteiger charge is 2.21. The second-order valence-corrected chi connectivity index (χ2v) is 5.69. The lowest BCUT2D eigenvalue weighted by atomic mass is 10.1. The van der Waals surface area contributed by atoms with Gasteiger partial charge in [-0.3, -0.25) is 9.59 Å². The van der Waals surface area contributed by atoms with Crippen LogP contribution in [-0.4, -0.2) is 18.4 Å². The molecule has 0 spiro atoms. The molecular formula is C16H22N2O2. The Labute approximate surface area is 120 Å². The van der Waals surface area contributed by atoms with E-state index in [1.807, 2.05) is 43.0 Å². The van der Waals surface area contributed by atoms with Crippen LogP contribution < -0.4 is 10.2 Å². The third-order valence-corrected chi connectivity index (χ3v) is 3.40. The molecule has 1 aromatic rings. The molecule has 1 saturated heterocycles. The highest BCUT2D eigenvalue weighted by Crippen LogP contribution is 2.21. The Morgan fingerprint density at radius 1 is 1.30 bits per heavy atom. The lowest BCUT2D eigenvalue weighted by Crippen LogP contribution is -2.24. The standard InChI is InChI=1S/C16H22N2O2/c1-12(2)10-15(19)17-11-13-5-7-14(8-6-13)18-9-3-4-16(18)20/h5-8,12H,3-4,9-11H2,1-2H3,(H,17,19). The van der Waals surface area contributed by atoms with E-state index < -0.39 is 0 Å². The highest BCUT2D eigenvalue weighted by molar-refractivity contribution is 5.95. The zero-order chi connectivity index (χ0) is 14.5. The minimum absolute atomic E-state index is 0.0822. The van der Waals surface area contributed by atoms with Gasteiger partial charge in [-0.1, -0.05) is 26.0 Å². The van der Waals surface area contributed by atoms with Crippen LogP contribution in [0, 0.1) is 5.92 Å². The van der Waals surface area contributed by atoms with E-state index >= 15 is 0 Å². The minimum atomic E-state index is 0.0822. The fourth-order valence-corrected chi connectivity index (χ4v) is 2.36. The summed E-state index contributed by atoms with van der Waals surface area (Å²) in [5.41, 5.74) is 2.00. The number of nitrogens with one attached hydrogen (secondary N) is 1. The van der Waals surface area contributed by atoms with Crippen LogP contribution in [-0.2, 0) is 16.1 Å². The smallest absolute Gasteiger partial charge is 0.227 e. The van der Waals surface area contributed by atoms with Crippen molar-refractivity contribution in [3.63, 3.8) is 0 Å². The van der Waals surface area contributed by atoms with Gasteiger partial charge in [0, 0.05) is 31.6 Å². The van der Waals surface area contributed by atoms with Crippen molar-refractivity contribution in [2.45, 2.75) is 39.7 Å². The third-order valence-electron chi connectivity index (χ3n) is 3.40. The summed E-state index contributed by atoms with van der Waals surface area (Å²) >= 11 is 0. The van der Waals surface area contributed by atoms with E-state index in [4.69, 9.17) is 0 Å². The molecule has 0 radical (unpaired) electrons. The lowest BCUT2D eigenvalue weighted by molar-refractivity contribution is -0.122. The first kappa shape index (κ1) is 14.6. The van der Waals surface area contributed by atoms with Gasteiger partial charge < -0.3 is 10.2 Å².